The number of carbonyl (C=O) groups is 1. The van der Waals surface area contributed by atoms with Crippen molar-refractivity contribution in [2.75, 3.05) is 13.1 Å². The highest BCUT2D eigenvalue weighted by Gasteiger charge is 2.36. The molecule has 1 amide bonds. The van der Waals surface area contributed by atoms with Crippen molar-refractivity contribution in [3.63, 3.8) is 0 Å². The summed E-state index contributed by atoms with van der Waals surface area (Å²) in [6.45, 7) is 2.23. The second kappa shape index (κ2) is 5.61. The van der Waals surface area contributed by atoms with Crippen LogP contribution in [0.25, 0.3) is 11.5 Å². The Kier molecular flexibility index (Phi) is 3.46. The first-order valence-electron chi connectivity index (χ1n) is 7.87. The van der Waals surface area contributed by atoms with Crippen molar-refractivity contribution < 1.29 is 13.7 Å². The summed E-state index contributed by atoms with van der Waals surface area (Å²) in [5.74, 6) is 0.880. The van der Waals surface area contributed by atoms with Crippen molar-refractivity contribution in [2.24, 2.45) is 0 Å². The quantitative estimate of drug-likeness (QED) is 0.941. The van der Waals surface area contributed by atoms with E-state index in [4.69, 9.17) is 8.94 Å². The van der Waals surface area contributed by atoms with Gasteiger partial charge in [-0.2, -0.15) is 0 Å². The molecule has 6 heteroatoms. The molecule has 2 saturated heterocycles. The first kappa shape index (κ1) is 13.6. The van der Waals surface area contributed by atoms with Gasteiger partial charge in [-0.25, -0.2) is 0 Å². The number of nitrogens with zero attached hydrogens (tertiary/aromatic N) is 2. The number of furan rings is 1. The van der Waals surface area contributed by atoms with E-state index in [1.165, 1.54) is 19.3 Å². The lowest BCUT2D eigenvalue weighted by Gasteiger charge is -2.32. The van der Waals surface area contributed by atoms with Crippen LogP contribution in [0.2, 0.25) is 0 Å². The SMILES string of the molecule is O=C(NC1CCN2CCCCC12)c1cc(-c2ccco2)on1. The number of amides is 1. The van der Waals surface area contributed by atoms with Crippen LogP contribution in [0, 0.1) is 0 Å². The minimum absolute atomic E-state index is 0.168. The molecule has 0 aliphatic carbocycles. The van der Waals surface area contributed by atoms with Gasteiger partial charge < -0.3 is 14.3 Å². The van der Waals surface area contributed by atoms with Gasteiger partial charge in [-0.1, -0.05) is 11.6 Å². The molecule has 2 unspecified atom stereocenters. The van der Waals surface area contributed by atoms with E-state index in [0.717, 1.165) is 19.5 Å². The van der Waals surface area contributed by atoms with Crippen LogP contribution < -0.4 is 5.32 Å². The Labute approximate surface area is 128 Å². The molecule has 2 aliphatic rings. The molecule has 0 spiro atoms. The summed E-state index contributed by atoms with van der Waals surface area (Å²) >= 11 is 0. The van der Waals surface area contributed by atoms with Gasteiger partial charge in [-0.15, -0.1) is 0 Å². The van der Waals surface area contributed by atoms with Crippen molar-refractivity contribution in [1.82, 2.24) is 15.4 Å². The fourth-order valence-electron chi connectivity index (χ4n) is 3.58. The highest BCUT2D eigenvalue weighted by atomic mass is 16.5. The van der Waals surface area contributed by atoms with E-state index in [2.05, 4.69) is 15.4 Å². The van der Waals surface area contributed by atoms with E-state index in [1.54, 1.807) is 24.5 Å². The van der Waals surface area contributed by atoms with Crippen LogP contribution in [-0.2, 0) is 0 Å². The van der Waals surface area contributed by atoms with Gasteiger partial charge in [0.1, 0.15) is 0 Å². The van der Waals surface area contributed by atoms with Gasteiger partial charge in [0.15, 0.2) is 11.5 Å². The molecule has 0 aromatic carbocycles. The third-order valence-electron chi connectivity index (χ3n) is 4.68. The molecule has 22 heavy (non-hydrogen) atoms. The van der Waals surface area contributed by atoms with Crippen molar-refractivity contribution in [3.05, 3.63) is 30.2 Å². The van der Waals surface area contributed by atoms with Gasteiger partial charge in [-0.3, -0.25) is 9.69 Å². The number of hydrogen-bond acceptors (Lipinski definition) is 5. The molecule has 4 rings (SSSR count). The van der Waals surface area contributed by atoms with Crippen LogP contribution in [-0.4, -0.2) is 41.1 Å². The number of hydrogen-bond donors (Lipinski definition) is 1. The third-order valence-corrected chi connectivity index (χ3v) is 4.68. The summed E-state index contributed by atoms with van der Waals surface area (Å²) in [5, 5.41) is 6.98. The third kappa shape index (κ3) is 2.43. The van der Waals surface area contributed by atoms with Crippen LogP contribution in [0.1, 0.15) is 36.2 Å². The highest BCUT2D eigenvalue weighted by Crippen LogP contribution is 2.27. The standard InChI is InChI=1S/C16H19N3O3/c20-16(12-10-15(22-18-12)14-5-3-9-21-14)17-11-6-8-19-7-2-1-4-13(11)19/h3,5,9-11,13H,1-2,4,6-8H2,(H,17,20). The molecule has 0 saturated carbocycles. The molecule has 2 atom stereocenters. The molecule has 2 fully saturated rings. The monoisotopic (exact) mass is 301 g/mol. The second-order valence-corrected chi connectivity index (χ2v) is 6.02. The summed E-state index contributed by atoms with van der Waals surface area (Å²) in [4.78, 5) is 14.9. The molecule has 116 valence electrons. The van der Waals surface area contributed by atoms with Gasteiger partial charge in [0.2, 0.25) is 5.76 Å². The minimum Gasteiger partial charge on any atom is -0.461 e. The number of nitrogens with one attached hydrogen (secondary N) is 1. The highest BCUT2D eigenvalue weighted by molar-refractivity contribution is 5.93. The number of fused-ring (bicyclic) bond motifs is 1. The van der Waals surface area contributed by atoms with Gasteiger partial charge in [0, 0.05) is 24.7 Å². The number of aromatic nitrogens is 1. The topological polar surface area (TPSA) is 71.5 Å². The molecule has 0 radical (unpaired) electrons. The van der Waals surface area contributed by atoms with Crippen LogP contribution in [0.4, 0.5) is 0 Å². The maximum Gasteiger partial charge on any atom is 0.273 e. The predicted molar refractivity (Wildman–Crippen MR) is 79.3 cm³/mol. The zero-order valence-electron chi connectivity index (χ0n) is 12.3. The number of carbonyl (C=O) groups excluding carboxylic acids is 1. The zero-order chi connectivity index (χ0) is 14.9. The predicted octanol–water partition coefficient (Wildman–Crippen LogP) is 2.29. The van der Waals surface area contributed by atoms with Crippen molar-refractivity contribution in [3.8, 4) is 11.5 Å². The van der Waals surface area contributed by atoms with Crippen molar-refractivity contribution in [2.45, 2.75) is 37.8 Å². The van der Waals surface area contributed by atoms with Crippen LogP contribution >= 0.6 is 0 Å². The Balaban J connectivity index is 1.44. The summed E-state index contributed by atoms with van der Waals surface area (Å²) in [7, 11) is 0. The van der Waals surface area contributed by atoms with Crippen LogP contribution in [0.5, 0.6) is 0 Å². The Bertz CT molecular complexity index is 649. The summed E-state index contributed by atoms with van der Waals surface area (Å²) in [6, 6.07) is 5.87. The van der Waals surface area contributed by atoms with Gasteiger partial charge in [0.05, 0.1) is 6.26 Å². The van der Waals surface area contributed by atoms with E-state index in [1.807, 2.05) is 0 Å². The molecular formula is C16H19N3O3. The Morgan fingerprint density at radius 3 is 3.09 bits per heavy atom. The first-order valence-corrected chi connectivity index (χ1v) is 7.87. The molecule has 2 aromatic heterocycles. The summed E-state index contributed by atoms with van der Waals surface area (Å²) < 4.78 is 10.4. The molecule has 2 aliphatic heterocycles. The smallest absolute Gasteiger partial charge is 0.273 e. The molecule has 4 heterocycles. The fraction of sp³-hybridized carbons (Fsp3) is 0.500. The number of rotatable bonds is 3. The van der Waals surface area contributed by atoms with Crippen molar-refractivity contribution in [1.29, 1.82) is 0 Å². The van der Waals surface area contributed by atoms with Crippen LogP contribution in [0.3, 0.4) is 0 Å². The average molecular weight is 301 g/mol. The second-order valence-electron chi connectivity index (χ2n) is 6.02. The molecule has 2 aromatic rings. The molecule has 6 nitrogen and oxygen atoms in total. The molecule has 1 N–H and O–H groups in total. The fourth-order valence-corrected chi connectivity index (χ4v) is 3.58. The number of piperidine rings is 1. The first-order chi connectivity index (χ1) is 10.8. The van der Waals surface area contributed by atoms with Crippen molar-refractivity contribution >= 4 is 5.91 Å². The van der Waals surface area contributed by atoms with E-state index < -0.39 is 0 Å². The van der Waals surface area contributed by atoms with Crippen LogP contribution in [0.15, 0.2) is 33.4 Å². The maximum atomic E-state index is 12.4. The zero-order valence-corrected chi connectivity index (χ0v) is 12.3. The van der Waals surface area contributed by atoms with Gasteiger partial charge in [0.25, 0.3) is 5.91 Å². The molecule has 0 bridgehead atoms. The van der Waals surface area contributed by atoms with Gasteiger partial charge in [-0.05, 0) is 37.9 Å². The summed E-state index contributed by atoms with van der Waals surface area (Å²) in [6.07, 6.45) is 6.27. The Hall–Kier alpha value is -2.08. The maximum absolute atomic E-state index is 12.4. The lowest BCUT2D eigenvalue weighted by molar-refractivity contribution is 0.0906. The lowest BCUT2D eigenvalue weighted by Crippen LogP contribution is -2.46. The molecular weight excluding hydrogens is 282 g/mol. The van der Waals surface area contributed by atoms with Gasteiger partial charge >= 0.3 is 0 Å². The summed E-state index contributed by atoms with van der Waals surface area (Å²) in [5.41, 5.74) is 0.306. The van der Waals surface area contributed by atoms with E-state index >= 15 is 0 Å². The normalized spacial score (nSPS) is 25.1. The lowest BCUT2D eigenvalue weighted by atomic mass is 9.99. The average Bonchev–Trinajstić information content (AvgIpc) is 3.28. The Morgan fingerprint density at radius 1 is 1.27 bits per heavy atom. The van der Waals surface area contributed by atoms with E-state index in [9.17, 15) is 4.79 Å². The largest absolute Gasteiger partial charge is 0.461 e. The van der Waals surface area contributed by atoms with E-state index in [-0.39, 0.29) is 11.9 Å². The Morgan fingerprint density at radius 2 is 2.23 bits per heavy atom. The minimum atomic E-state index is -0.168. The van der Waals surface area contributed by atoms with E-state index in [0.29, 0.717) is 23.3 Å².